The van der Waals surface area contributed by atoms with Gasteiger partial charge in [-0.05, 0) is 10.0 Å². The van der Waals surface area contributed by atoms with Gasteiger partial charge in [0.2, 0.25) is 5.91 Å². The van der Waals surface area contributed by atoms with Crippen LogP contribution < -0.4 is 5.32 Å². The molecule has 0 spiro atoms. The molecule has 3 heteroatoms. The van der Waals surface area contributed by atoms with Gasteiger partial charge in [-0.3, -0.25) is 4.79 Å². The first-order valence-electron chi connectivity index (χ1n) is 3.88. The number of carbonyl (C=O) groups is 1. The predicted molar refractivity (Wildman–Crippen MR) is 60.1 cm³/mol. The van der Waals surface area contributed by atoms with Crippen molar-refractivity contribution in [3.05, 3.63) is 22.3 Å². The molecule has 0 rings (SSSR count). The number of amides is 1. The van der Waals surface area contributed by atoms with Crippen LogP contribution >= 0.6 is 22.6 Å². The van der Waals surface area contributed by atoms with E-state index < -0.39 is 0 Å². The molecule has 0 saturated heterocycles. The lowest BCUT2D eigenvalue weighted by Gasteiger charge is -2.03. The third kappa shape index (κ3) is 7.78. The zero-order valence-corrected chi connectivity index (χ0v) is 9.54. The largest absolute Gasteiger partial charge is 0.352 e. The van der Waals surface area contributed by atoms with Crippen LogP contribution in [0.1, 0.15) is 13.8 Å². The van der Waals surface area contributed by atoms with Crippen molar-refractivity contribution in [2.24, 2.45) is 5.92 Å². The number of halogens is 1. The number of rotatable bonds is 4. The summed E-state index contributed by atoms with van der Waals surface area (Å²) in [6.45, 7) is 4.86. The lowest BCUT2D eigenvalue weighted by molar-refractivity contribution is -0.116. The van der Waals surface area contributed by atoms with Gasteiger partial charge in [0.05, 0.1) is 0 Å². The van der Waals surface area contributed by atoms with Crippen molar-refractivity contribution in [2.75, 3.05) is 6.54 Å². The molecule has 0 fully saturated rings. The van der Waals surface area contributed by atoms with Crippen molar-refractivity contribution in [3.63, 3.8) is 0 Å². The monoisotopic (exact) mass is 279 g/mol. The molecule has 1 amide bonds. The summed E-state index contributed by atoms with van der Waals surface area (Å²) in [5.74, 6) is 0.473. The van der Waals surface area contributed by atoms with Gasteiger partial charge in [-0.15, -0.1) is 0 Å². The second-order valence-corrected chi connectivity index (χ2v) is 3.54. The number of nitrogens with one attached hydrogen (secondary N) is 1. The maximum atomic E-state index is 11.0. The molecule has 0 aromatic rings. The van der Waals surface area contributed by atoms with Gasteiger partial charge in [-0.2, -0.15) is 0 Å². The number of carbonyl (C=O) groups excluding carboxylic acids is 1. The summed E-state index contributed by atoms with van der Waals surface area (Å²) in [5, 5.41) is 2.78. The Morgan fingerprint density at radius 2 is 2.17 bits per heavy atom. The van der Waals surface area contributed by atoms with E-state index >= 15 is 0 Å². The van der Waals surface area contributed by atoms with Crippen molar-refractivity contribution in [1.29, 1.82) is 0 Å². The molecular formula is C9H14INO. The summed E-state index contributed by atoms with van der Waals surface area (Å²) >= 11 is 2.10. The van der Waals surface area contributed by atoms with E-state index in [-0.39, 0.29) is 5.91 Å². The number of hydrogen-bond acceptors (Lipinski definition) is 1. The smallest absolute Gasteiger partial charge is 0.243 e. The average Bonchev–Trinajstić information content (AvgIpc) is 2.01. The van der Waals surface area contributed by atoms with Crippen molar-refractivity contribution >= 4 is 28.5 Å². The molecule has 68 valence electrons. The molecule has 0 radical (unpaired) electrons. The molecule has 0 aromatic heterocycles. The van der Waals surface area contributed by atoms with E-state index in [9.17, 15) is 4.79 Å². The van der Waals surface area contributed by atoms with E-state index in [1.54, 1.807) is 6.08 Å². The summed E-state index contributed by atoms with van der Waals surface area (Å²) in [6, 6.07) is 0. The van der Waals surface area contributed by atoms with Gasteiger partial charge < -0.3 is 5.32 Å². The second kappa shape index (κ2) is 7.34. The van der Waals surface area contributed by atoms with Gasteiger partial charge in [0, 0.05) is 12.6 Å². The van der Waals surface area contributed by atoms with Gasteiger partial charge in [0.1, 0.15) is 0 Å². The van der Waals surface area contributed by atoms with Crippen LogP contribution in [0.5, 0.6) is 0 Å². The molecule has 0 atom stereocenters. The van der Waals surface area contributed by atoms with E-state index in [1.165, 1.54) is 6.08 Å². The highest BCUT2D eigenvalue weighted by molar-refractivity contribution is 14.1. The Kier molecular flexibility index (Phi) is 7.14. The highest BCUT2D eigenvalue weighted by atomic mass is 127. The Balaban J connectivity index is 3.59. The van der Waals surface area contributed by atoms with E-state index in [1.807, 2.05) is 10.2 Å². The summed E-state index contributed by atoms with van der Waals surface area (Å²) in [4.78, 5) is 11.0. The van der Waals surface area contributed by atoms with Crippen molar-refractivity contribution in [2.45, 2.75) is 13.8 Å². The fraction of sp³-hybridized carbons (Fsp3) is 0.444. The van der Waals surface area contributed by atoms with E-state index in [0.717, 1.165) is 6.54 Å². The normalized spacial score (nSPS) is 11.7. The predicted octanol–water partition coefficient (Wildman–Crippen LogP) is 2.26. The SMILES string of the molecule is CC(C)CNC(=O)/C=C/C=C/I. The van der Waals surface area contributed by atoms with Gasteiger partial charge in [-0.25, -0.2) is 0 Å². The van der Waals surface area contributed by atoms with Crippen molar-refractivity contribution in [1.82, 2.24) is 5.32 Å². The quantitative estimate of drug-likeness (QED) is 0.477. The van der Waals surface area contributed by atoms with Crippen LogP contribution in [0, 0.1) is 5.92 Å². The minimum atomic E-state index is -0.0294. The first-order valence-corrected chi connectivity index (χ1v) is 5.12. The third-order valence-corrected chi connectivity index (χ3v) is 1.53. The fourth-order valence-corrected chi connectivity index (χ4v) is 0.788. The number of hydrogen-bond donors (Lipinski definition) is 1. The van der Waals surface area contributed by atoms with Crippen LogP contribution in [-0.2, 0) is 4.79 Å². The lowest BCUT2D eigenvalue weighted by atomic mass is 10.2. The fourth-order valence-electron chi connectivity index (χ4n) is 0.549. The molecule has 0 aromatic carbocycles. The lowest BCUT2D eigenvalue weighted by Crippen LogP contribution is -2.25. The molecular weight excluding hydrogens is 265 g/mol. The minimum absolute atomic E-state index is 0.0294. The van der Waals surface area contributed by atoms with E-state index in [2.05, 4.69) is 41.8 Å². The highest BCUT2D eigenvalue weighted by Gasteiger charge is 1.95. The van der Waals surface area contributed by atoms with Crippen LogP contribution in [0.2, 0.25) is 0 Å². The summed E-state index contributed by atoms with van der Waals surface area (Å²) in [7, 11) is 0. The maximum Gasteiger partial charge on any atom is 0.243 e. The molecule has 1 N–H and O–H groups in total. The molecule has 2 nitrogen and oxygen atoms in total. The van der Waals surface area contributed by atoms with Crippen LogP contribution in [0.3, 0.4) is 0 Å². The van der Waals surface area contributed by atoms with Gasteiger partial charge >= 0.3 is 0 Å². The van der Waals surface area contributed by atoms with E-state index in [4.69, 9.17) is 0 Å². The maximum absolute atomic E-state index is 11.0. The zero-order chi connectivity index (χ0) is 9.40. The molecule has 0 saturated carbocycles. The Bertz CT molecular complexity index is 185. The standard InChI is InChI=1S/C9H14INO/c1-8(2)7-11-9(12)5-3-4-6-10/h3-6,8H,7H2,1-2H3,(H,11,12)/b5-3+,6-4+. The van der Waals surface area contributed by atoms with Crippen LogP contribution in [-0.4, -0.2) is 12.5 Å². The number of allylic oxidation sites excluding steroid dienone is 2. The first-order chi connectivity index (χ1) is 5.66. The Labute approximate surface area is 87.3 Å². The third-order valence-electron chi connectivity index (χ3n) is 1.12. The first kappa shape index (κ1) is 11.7. The van der Waals surface area contributed by atoms with Crippen LogP contribution in [0.25, 0.3) is 0 Å². The van der Waals surface area contributed by atoms with Crippen LogP contribution in [0.15, 0.2) is 22.3 Å². The molecule has 0 aliphatic heterocycles. The minimum Gasteiger partial charge on any atom is -0.352 e. The summed E-state index contributed by atoms with van der Waals surface area (Å²) in [5.41, 5.74) is 0. The van der Waals surface area contributed by atoms with Crippen LogP contribution in [0.4, 0.5) is 0 Å². The van der Waals surface area contributed by atoms with Crippen molar-refractivity contribution < 1.29 is 4.79 Å². The highest BCUT2D eigenvalue weighted by Crippen LogP contribution is 1.88. The topological polar surface area (TPSA) is 29.1 Å². The Hall–Kier alpha value is -0.320. The Morgan fingerprint density at radius 1 is 1.50 bits per heavy atom. The molecule has 0 aliphatic rings. The molecule has 0 heterocycles. The molecule has 0 unspecified atom stereocenters. The summed E-state index contributed by atoms with van der Waals surface area (Å²) < 4.78 is 1.85. The molecule has 0 aliphatic carbocycles. The Morgan fingerprint density at radius 3 is 2.67 bits per heavy atom. The second-order valence-electron chi connectivity index (χ2n) is 2.82. The van der Waals surface area contributed by atoms with Gasteiger partial charge in [0.25, 0.3) is 0 Å². The molecule has 0 bridgehead atoms. The van der Waals surface area contributed by atoms with Crippen molar-refractivity contribution in [3.8, 4) is 0 Å². The summed E-state index contributed by atoms with van der Waals surface area (Å²) in [6.07, 6.45) is 5.06. The zero-order valence-electron chi connectivity index (χ0n) is 7.38. The average molecular weight is 279 g/mol. The van der Waals surface area contributed by atoms with E-state index in [0.29, 0.717) is 5.92 Å². The molecule has 12 heavy (non-hydrogen) atoms. The van der Waals surface area contributed by atoms with Gasteiger partial charge in [0.15, 0.2) is 0 Å². The van der Waals surface area contributed by atoms with Gasteiger partial charge in [-0.1, -0.05) is 48.6 Å².